The number of hydrogen-bond donors (Lipinski definition) is 1. The molecule has 1 N–H and O–H groups in total. The second-order valence-electron chi connectivity index (χ2n) is 6.96. The van der Waals surface area contributed by atoms with E-state index in [1.165, 1.54) is 5.56 Å². The van der Waals surface area contributed by atoms with Crippen LogP contribution in [-0.2, 0) is 26.2 Å². The van der Waals surface area contributed by atoms with Gasteiger partial charge in [-0.25, -0.2) is 0 Å². The molecule has 1 amide bonds. The summed E-state index contributed by atoms with van der Waals surface area (Å²) >= 11 is 0. The summed E-state index contributed by atoms with van der Waals surface area (Å²) in [5, 5.41) is 2.79. The summed E-state index contributed by atoms with van der Waals surface area (Å²) in [5.41, 5.74) is 2.55. The third-order valence-corrected chi connectivity index (χ3v) is 4.42. The van der Waals surface area contributed by atoms with Gasteiger partial charge in [0.2, 0.25) is 5.91 Å². The van der Waals surface area contributed by atoms with Crippen molar-refractivity contribution in [1.29, 1.82) is 0 Å². The third-order valence-electron chi connectivity index (χ3n) is 4.42. The Kier molecular flexibility index (Phi) is 6.96. The number of rotatable bonds is 8. The number of carbonyl (C=O) groups is 2. The largest absolute Gasteiger partial charge is 0.463 e. The molecule has 0 radical (unpaired) electrons. The molecule has 2 aromatic carbocycles. The quantitative estimate of drug-likeness (QED) is 0.583. The van der Waals surface area contributed by atoms with Crippen molar-refractivity contribution >= 4 is 11.9 Å². The highest BCUT2D eigenvalue weighted by Gasteiger charge is 2.31. The van der Waals surface area contributed by atoms with Gasteiger partial charge >= 0.3 is 5.97 Å². The number of amides is 1. The fraction of sp³-hybridized carbons (Fsp3) is 0.364. The van der Waals surface area contributed by atoms with Gasteiger partial charge < -0.3 is 10.1 Å². The first-order valence-electron chi connectivity index (χ1n) is 8.94. The zero-order valence-electron chi connectivity index (χ0n) is 15.7. The first-order valence-corrected chi connectivity index (χ1v) is 8.94. The Morgan fingerprint density at radius 1 is 1.00 bits per heavy atom. The van der Waals surface area contributed by atoms with Crippen LogP contribution in [-0.4, -0.2) is 25.0 Å². The molecule has 138 valence electrons. The van der Waals surface area contributed by atoms with Crippen molar-refractivity contribution < 1.29 is 14.3 Å². The Labute approximate surface area is 155 Å². The highest BCUT2D eigenvalue weighted by Crippen LogP contribution is 2.24. The lowest BCUT2D eigenvalue weighted by atomic mass is 9.85. The number of ether oxygens (including phenoxy) is 1. The molecule has 2 rings (SSSR count). The Morgan fingerprint density at radius 3 is 2.31 bits per heavy atom. The van der Waals surface area contributed by atoms with Gasteiger partial charge in [-0.05, 0) is 38.3 Å². The zero-order valence-corrected chi connectivity index (χ0v) is 15.7. The second kappa shape index (κ2) is 9.18. The van der Waals surface area contributed by atoms with Crippen molar-refractivity contribution in [2.45, 2.75) is 39.0 Å². The number of esters is 1. The van der Waals surface area contributed by atoms with Gasteiger partial charge in [0.1, 0.15) is 6.61 Å². The molecule has 0 aliphatic carbocycles. The predicted octanol–water partition coefficient (Wildman–Crippen LogP) is 3.56. The van der Waals surface area contributed by atoms with E-state index in [-0.39, 0.29) is 18.5 Å². The molecule has 0 aromatic heterocycles. The number of nitrogens with one attached hydrogen (secondary N) is 1. The van der Waals surface area contributed by atoms with E-state index in [0.717, 1.165) is 11.1 Å². The van der Waals surface area contributed by atoms with E-state index >= 15 is 0 Å². The van der Waals surface area contributed by atoms with E-state index in [4.69, 9.17) is 4.74 Å². The van der Waals surface area contributed by atoms with Gasteiger partial charge in [0.25, 0.3) is 0 Å². The number of carbonyl (C=O) groups excluding carboxylic acids is 2. The third kappa shape index (κ3) is 5.73. The number of aryl methyl sites for hydroxylation is 2. The highest BCUT2D eigenvalue weighted by molar-refractivity contribution is 5.82. The van der Waals surface area contributed by atoms with E-state index < -0.39 is 5.41 Å². The molecule has 0 unspecified atom stereocenters. The second-order valence-corrected chi connectivity index (χ2v) is 6.96. The normalized spacial score (nSPS) is 11.0. The average molecular weight is 353 g/mol. The van der Waals surface area contributed by atoms with Gasteiger partial charge in [-0.2, -0.15) is 0 Å². The molecule has 0 bridgehead atoms. The molecule has 0 heterocycles. The fourth-order valence-electron chi connectivity index (χ4n) is 2.59. The molecule has 0 aliphatic rings. The van der Waals surface area contributed by atoms with Gasteiger partial charge in [0.15, 0.2) is 0 Å². The Balaban J connectivity index is 1.68. The van der Waals surface area contributed by atoms with E-state index in [9.17, 15) is 9.59 Å². The number of hydrogen-bond acceptors (Lipinski definition) is 3. The molecular weight excluding hydrogens is 326 g/mol. The summed E-state index contributed by atoms with van der Waals surface area (Å²) in [6.45, 7) is 6.21. The van der Waals surface area contributed by atoms with Gasteiger partial charge in [-0.15, -0.1) is 0 Å². The Hall–Kier alpha value is -2.62. The molecule has 0 atom stereocenters. The van der Waals surface area contributed by atoms with Crippen LogP contribution in [0.3, 0.4) is 0 Å². The van der Waals surface area contributed by atoms with Gasteiger partial charge in [-0.3, -0.25) is 9.59 Å². The maximum absolute atomic E-state index is 12.3. The minimum Gasteiger partial charge on any atom is -0.463 e. The molecule has 0 saturated carbocycles. The minimum atomic E-state index is -0.712. The van der Waals surface area contributed by atoms with Crippen molar-refractivity contribution in [3.63, 3.8) is 0 Å². The summed E-state index contributed by atoms with van der Waals surface area (Å²) in [6.07, 6.45) is 1.12. The van der Waals surface area contributed by atoms with Crippen molar-refractivity contribution in [2.24, 2.45) is 0 Å². The van der Waals surface area contributed by atoms with Crippen LogP contribution < -0.4 is 5.32 Å². The highest BCUT2D eigenvalue weighted by atomic mass is 16.5. The number of benzene rings is 2. The molecule has 0 aliphatic heterocycles. The van der Waals surface area contributed by atoms with Crippen LogP contribution in [0.15, 0.2) is 54.6 Å². The zero-order chi connectivity index (χ0) is 19.0. The molecule has 2 aromatic rings. The summed E-state index contributed by atoms with van der Waals surface area (Å²) in [7, 11) is 0. The van der Waals surface area contributed by atoms with Crippen molar-refractivity contribution in [3.8, 4) is 0 Å². The summed E-state index contributed by atoms with van der Waals surface area (Å²) in [5.74, 6) is -0.332. The monoisotopic (exact) mass is 353 g/mol. The molecular formula is C22H27NO3. The average Bonchev–Trinajstić information content (AvgIpc) is 2.65. The summed E-state index contributed by atoms with van der Waals surface area (Å²) in [4.78, 5) is 24.2. The SMILES string of the molecule is Cc1ccc(CCC(=O)NCCOC(=O)C(C)(C)c2ccccc2)cc1. The first-order chi connectivity index (χ1) is 12.4. The smallest absolute Gasteiger partial charge is 0.316 e. The topological polar surface area (TPSA) is 55.4 Å². The maximum Gasteiger partial charge on any atom is 0.316 e. The summed E-state index contributed by atoms with van der Waals surface area (Å²) in [6, 6.07) is 17.7. The van der Waals surface area contributed by atoms with Gasteiger partial charge in [0, 0.05) is 6.42 Å². The lowest BCUT2D eigenvalue weighted by Gasteiger charge is -2.23. The lowest BCUT2D eigenvalue weighted by Crippen LogP contribution is -2.34. The van der Waals surface area contributed by atoms with Crippen LogP contribution in [0.1, 0.15) is 37.0 Å². The standard InChI is InChI=1S/C22H27NO3/c1-17-9-11-18(12-10-17)13-14-20(24)23-15-16-26-21(25)22(2,3)19-7-5-4-6-8-19/h4-12H,13-16H2,1-3H3,(H,23,24). The van der Waals surface area contributed by atoms with Gasteiger partial charge in [-0.1, -0.05) is 60.2 Å². The van der Waals surface area contributed by atoms with E-state index in [1.54, 1.807) is 0 Å². The van der Waals surface area contributed by atoms with Gasteiger partial charge in [0.05, 0.1) is 12.0 Å². The van der Waals surface area contributed by atoms with Crippen molar-refractivity contribution in [3.05, 3.63) is 71.3 Å². The van der Waals surface area contributed by atoms with Crippen LogP contribution in [0.4, 0.5) is 0 Å². The van der Waals surface area contributed by atoms with Crippen LogP contribution in [0.2, 0.25) is 0 Å². The predicted molar refractivity (Wildman–Crippen MR) is 103 cm³/mol. The van der Waals surface area contributed by atoms with Crippen LogP contribution in [0.25, 0.3) is 0 Å². The molecule has 0 saturated heterocycles. The molecule has 0 spiro atoms. The molecule has 0 fully saturated rings. The fourth-order valence-corrected chi connectivity index (χ4v) is 2.59. The summed E-state index contributed by atoms with van der Waals surface area (Å²) < 4.78 is 5.33. The van der Waals surface area contributed by atoms with E-state index in [1.807, 2.05) is 75.4 Å². The first kappa shape index (κ1) is 19.7. The van der Waals surface area contributed by atoms with Crippen molar-refractivity contribution in [1.82, 2.24) is 5.32 Å². The van der Waals surface area contributed by atoms with Crippen molar-refractivity contribution in [2.75, 3.05) is 13.2 Å². The van der Waals surface area contributed by atoms with Crippen LogP contribution in [0.5, 0.6) is 0 Å². The van der Waals surface area contributed by atoms with E-state index in [2.05, 4.69) is 5.32 Å². The Bertz CT molecular complexity index is 721. The molecule has 4 nitrogen and oxygen atoms in total. The van der Waals surface area contributed by atoms with Crippen LogP contribution in [0, 0.1) is 6.92 Å². The van der Waals surface area contributed by atoms with E-state index in [0.29, 0.717) is 19.4 Å². The maximum atomic E-state index is 12.3. The van der Waals surface area contributed by atoms with Crippen LogP contribution >= 0.6 is 0 Å². The molecule has 26 heavy (non-hydrogen) atoms. The lowest BCUT2D eigenvalue weighted by molar-refractivity contribution is -0.149. The minimum absolute atomic E-state index is 0.0380. The molecule has 4 heteroatoms. The Morgan fingerprint density at radius 2 is 1.65 bits per heavy atom.